The fraction of sp³-hybridized carbons (Fsp3) is 0.500. The highest BCUT2D eigenvalue weighted by molar-refractivity contribution is 6.06. The van der Waals surface area contributed by atoms with E-state index in [9.17, 15) is 4.79 Å². The van der Waals surface area contributed by atoms with E-state index in [1.807, 2.05) is 11.9 Å². The minimum Gasteiger partial charge on any atom is -0.338 e. The van der Waals surface area contributed by atoms with E-state index in [4.69, 9.17) is 4.98 Å². The topological polar surface area (TPSA) is 45.2 Å². The Morgan fingerprint density at radius 2 is 2.00 bits per heavy atom. The molecule has 142 valence electrons. The number of carbonyl (C=O) groups is 1. The molecule has 1 atom stereocenters. The first-order chi connectivity index (χ1) is 11.7. The number of halogens is 2. The Hall–Kier alpha value is -1.36. The van der Waals surface area contributed by atoms with Crippen LogP contribution in [0.25, 0.3) is 10.9 Å². The maximum atomic E-state index is 13.2. The van der Waals surface area contributed by atoms with Crippen molar-refractivity contribution in [2.45, 2.75) is 32.1 Å². The van der Waals surface area contributed by atoms with E-state index in [1.165, 1.54) is 18.4 Å². The molecule has 1 aromatic heterocycles. The number of benzene rings is 1. The van der Waals surface area contributed by atoms with Crippen molar-refractivity contribution < 1.29 is 4.79 Å². The van der Waals surface area contributed by atoms with Gasteiger partial charge >= 0.3 is 0 Å². The van der Waals surface area contributed by atoms with Crippen LogP contribution in [-0.4, -0.2) is 42.5 Å². The maximum absolute atomic E-state index is 13.2. The summed E-state index contributed by atoms with van der Waals surface area (Å²) in [4.78, 5) is 20.0. The van der Waals surface area contributed by atoms with Crippen LogP contribution in [0.2, 0.25) is 0 Å². The molecule has 26 heavy (non-hydrogen) atoms. The molecule has 2 aliphatic rings. The summed E-state index contributed by atoms with van der Waals surface area (Å²) in [5.74, 6) is 1.29. The number of fused-ring (bicyclic) bond motifs is 1. The summed E-state index contributed by atoms with van der Waals surface area (Å²) in [6.07, 6.45) is 3.49. The Morgan fingerprint density at radius 3 is 2.69 bits per heavy atom. The van der Waals surface area contributed by atoms with Gasteiger partial charge in [-0.05, 0) is 63.9 Å². The predicted octanol–water partition coefficient (Wildman–Crippen LogP) is 3.95. The molecule has 2 fully saturated rings. The van der Waals surface area contributed by atoms with E-state index in [1.54, 1.807) is 0 Å². The highest BCUT2D eigenvalue weighted by Crippen LogP contribution is 2.40. The number of amides is 1. The van der Waals surface area contributed by atoms with Gasteiger partial charge in [0.15, 0.2) is 0 Å². The van der Waals surface area contributed by atoms with Gasteiger partial charge in [0.2, 0.25) is 0 Å². The molecule has 1 saturated carbocycles. The van der Waals surface area contributed by atoms with Crippen LogP contribution in [0.5, 0.6) is 0 Å². The summed E-state index contributed by atoms with van der Waals surface area (Å²) in [6.45, 7) is 4.77. The number of rotatable bonds is 4. The highest BCUT2D eigenvalue weighted by atomic mass is 35.5. The molecule has 0 radical (unpaired) electrons. The monoisotopic (exact) mass is 395 g/mol. The number of aromatic nitrogens is 1. The van der Waals surface area contributed by atoms with E-state index >= 15 is 0 Å². The molecule has 0 bridgehead atoms. The van der Waals surface area contributed by atoms with Crippen LogP contribution in [0.1, 0.15) is 46.8 Å². The van der Waals surface area contributed by atoms with Crippen LogP contribution in [0, 0.1) is 12.8 Å². The molecule has 4 rings (SSSR count). The van der Waals surface area contributed by atoms with E-state index in [-0.39, 0.29) is 30.7 Å². The van der Waals surface area contributed by atoms with E-state index in [0.29, 0.717) is 11.8 Å². The summed E-state index contributed by atoms with van der Waals surface area (Å²) in [5.41, 5.74) is 4.07. The molecular weight excluding hydrogens is 369 g/mol. The van der Waals surface area contributed by atoms with Crippen molar-refractivity contribution in [1.29, 1.82) is 0 Å². The Kier molecular flexibility index (Phi) is 6.89. The van der Waals surface area contributed by atoms with Crippen molar-refractivity contribution in [3.63, 3.8) is 0 Å². The number of carbonyl (C=O) groups excluding carboxylic acids is 1. The third-order valence-electron chi connectivity index (χ3n) is 5.28. The Bertz CT molecular complexity index is 792. The number of pyridine rings is 1. The summed E-state index contributed by atoms with van der Waals surface area (Å²) < 4.78 is 0. The second-order valence-corrected chi connectivity index (χ2v) is 7.35. The van der Waals surface area contributed by atoms with Crippen LogP contribution in [0.15, 0.2) is 24.3 Å². The van der Waals surface area contributed by atoms with Gasteiger partial charge in [0, 0.05) is 30.1 Å². The maximum Gasteiger partial charge on any atom is 0.254 e. The van der Waals surface area contributed by atoms with Gasteiger partial charge in [-0.25, -0.2) is 0 Å². The van der Waals surface area contributed by atoms with Gasteiger partial charge in [-0.3, -0.25) is 9.78 Å². The smallest absolute Gasteiger partial charge is 0.254 e. The lowest BCUT2D eigenvalue weighted by Gasteiger charge is -2.18. The lowest BCUT2D eigenvalue weighted by molar-refractivity contribution is 0.0789. The lowest BCUT2D eigenvalue weighted by Crippen LogP contribution is -2.30. The van der Waals surface area contributed by atoms with Gasteiger partial charge in [0.1, 0.15) is 0 Å². The van der Waals surface area contributed by atoms with Gasteiger partial charge in [-0.2, -0.15) is 0 Å². The van der Waals surface area contributed by atoms with Gasteiger partial charge in [-0.15, -0.1) is 24.8 Å². The zero-order valence-electron chi connectivity index (χ0n) is 15.3. The van der Waals surface area contributed by atoms with Crippen LogP contribution in [0.4, 0.5) is 0 Å². The fourth-order valence-corrected chi connectivity index (χ4v) is 3.77. The van der Waals surface area contributed by atoms with E-state index in [0.717, 1.165) is 48.2 Å². The normalized spacial score (nSPS) is 19.2. The number of hydrogen-bond acceptors (Lipinski definition) is 3. The second kappa shape index (κ2) is 8.55. The Labute approximate surface area is 167 Å². The first-order valence-corrected chi connectivity index (χ1v) is 9.01. The Balaban J connectivity index is 0.00000121. The molecule has 1 aliphatic heterocycles. The quantitative estimate of drug-likeness (QED) is 0.852. The third kappa shape index (κ3) is 4.13. The molecule has 2 aromatic rings. The molecule has 1 saturated heterocycles. The molecular formula is C20H27Cl2N3O. The van der Waals surface area contributed by atoms with Crippen molar-refractivity contribution in [2.24, 2.45) is 5.92 Å². The number of likely N-dealkylation sites (tertiary alicyclic amines) is 1. The molecule has 1 aromatic carbocycles. The summed E-state index contributed by atoms with van der Waals surface area (Å²) in [6, 6.07) is 8.31. The van der Waals surface area contributed by atoms with Crippen LogP contribution < -0.4 is 5.32 Å². The van der Waals surface area contributed by atoms with Crippen LogP contribution in [-0.2, 0) is 0 Å². The van der Waals surface area contributed by atoms with Gasteiger partial charge < -0.3 is 10.2 Å². The minimum atomic E-state index is 0. The predicted molar refractivity (Wildman–Crippen MR) is 111 cm³/mol. The van der Waals surface area contributed by atoms with Crippen LogP contribution in [0.3, 0.4) is 0 Å². The number of nitrogens with one attached hydrogen (secondary N) is 1. The summed E-state index contributed by atoms with van der Waals surface area (Å²) in [5, 5.41) is 4.23. The van der Waals surface area contributed by atoms with Gasteiger partial charge in [-0.1, -0.05) is 11.6 Å². The Morgan fingerprint density at radius 1 is 1.23 bits per heavy atom. The zero-order valence-corrected chi connectivity index (χ0v) is 17.0. The highest BCUT2D eigenvalue weighted by Gasteiger charge is 2.30. The number of hydrogen-bond donors (Lipinski definition) is 1. The molecule has 1 amide bonds. The number of aryl methyl sites for hydroxylation is 1. The second-order valence-electron chi connectivity index (χ2n) is 7.35. The average Bonchev–Trinajstić information content (AvgIpc) is 3.33. The average molecular weight is 396 g/mol. The first kappa shape index (κ1) is 20.9. The molecule has 0 spiro atoms. The molecule has 4 nitrogen and oxygen atoms in total. The summed E-state index contributed by atoms with van der Waals surface area (Å²) in [7, 11) is 1.98. The third-order valence-corrected chi connectivity index (χ3v) is 5.28. The van der Waals surface area contributed by atoms with Crippen molar-refractivity contribution in [2.75, 3.05) is 26.7 Å². The minimum absolute atomic E-state index is 0. The molecule has 1 N–H and O–H groups in total. The van der Waals surface area contributed by atoms with E-state index < -0.39 is 0 Å². The van der Waals surface area contributed by atoms with Gasteiger partial charge in [0.25, 0.3) is 5.91 Å². The number of nitrogens with zero attached hydrogens (tertiary/aromatic N) is 2. The molecule has 1 aliphatic carbocycles. The van der Waals surface area contributed by atoms with Crippen molar-refractivity contribution in [1.82, 2.24) is 15.2 Å². The van der Waals surface area contributed by atoms with Crippen LogP contribution >= 0.6 is 24.8 Å². The first-order valence-electron chi connectivity index (χ1n) is 9.01. The molecule has 1 unspecified atom stereocenters. The van der Waals surface area contributed by atoms with Gasteiger partial charge in [0.05, 0.1) is 11.1 Å². The molecule has 2 heterocycles. The zero-order chi connectivity index (χ0) is 16.7. The van der Waals surface area contributed by atoms with Crippen molar-refractivity contribution >= 4 is 41.6 Å². The van der Waals surface area contributed by atoms with E-state index in [2.05, 4.69) is 36.5 Å². The SMILES string of the molecule is CNCC1CCN(C(=O)c2cc(C3CC3)nc3ccc(C)cc23)C1.Cl.Cl. The van der Waals surface area contributed by atoms with Crippen molar-refractivity contribution in [3.05, 3.63) is 41.1 Å². The molecule has 6 heteroatoms. The standard InChI is InChI=1S/C20H25N3O.2ClH/c1-13-3-6-18-16(9-13)17(10-19(22-18)15-4-5-15)20(24)23-8-7-14(12-23)11-21-2;;/h3,6,9-10,14-15,21H,4-5,7-8,11-12H2,1-2H3;2*1H. The lowest BCUT2D eigenvalue weighted by atomic mass is 10.0. The largest absolute Gasteiger partial charge is 0.338 e. The summed E-state index contributed by atoms with van der Waals surface area (Å²) >= 11 is 0. The van der Waals surface area contributed by atoms with Crippen molar-refractivity contribution in [3.8, 4) is 0 Å². The fourth-order valence-electron chi connectivity index (χ4n) is 3.77.